The van der Waals surface area contributed by atoms with Crippen LogP contribution in [0.1, 0.15) is 31.9 Å². The maximum atomic E-state index is 13.8. The minimum absolute atomic E-state index is 0.131. The van der Waals surface area contributed by atoms with Crippen molar-refractivity contribution in [2.75, 3.05) is 6.54 Å². The number of likely N-dealkylation sites (tertiary alicyclic amines) is 1. The van der Waals surface area contributed by atoms with E-state index >= 15 is 0 Å². The van der Waals surface area contributed by atoms with E-state index < -0.39 is 5.82 Å². The molecule has 2 N–H and O–H groups in total. The second kappa shape index (κ2) is 4.70. The highest BCUT2D eigenvalue weighted by atomic mass is 19.1. The van der Waals surface area contributed by atoms with Crippen LogP contribution in [0.15, 0.2) is 18.2 Å². The van der Waals surface area contributed by atoms with Gasteiger partial charge in [-0.3, -0.25) is 4.90 Å². The van der Waals surface area contributed by atoms with Crippen molar-refractivity contribution in [1.29, 1.82) is 0 Å². The third-order valence-corrected chi connectivity index (χ3v) is 3.42. The molecule has 4 heteroatoms. The number of hydrogen-bond acceptors (Lipinski definition) is 2. The molecule has 1 fully saturated rings. The molecule has 0 amide bonds. The van der Waals surface area contributed by atoms with Gasteiger partial charge in [0.05, 0.1) is 6.04 Å². The van der Waals surface area contributed by atoms with Gasteiger partial charge < -0.3 is 5.73 Å². The summed E-state index contributed by atoms with van der Waals surface area (Å²) in [5, 5.41) is 0. The first-order valence-corrected chi connectivity index (χ1v) is 5.97. The Bertz CT molecular complexity index is 406. The summed E-state index contributed by atoms with van der Waals surface area (Å²) in [4.78, 5) is 2.13. The van der Waals surface area contributed by atoms with Gasteiger partial charge in [-0.2, -0.15) is 0 Å². The highest BCUT2D eigenvalue weighted by Crippen LogP contribution is 2.34. The molecule has 2 atom stereocenters. The molecule has 94 valence electrons. The van der Waals surface area contributed by atoms with Crippen molar-refractivity contribution in [2.45, 2.75) is 38.4 Å². The van der Waals surface area contributed by atoms with E-state index in [0.717, 1.165) is 19.0 Å². The molecule has 0 spiro atoms. The molecular formula is C13H18F2N2. The third kappa shape index (κ3) is 2.33. The summed E-state index contributed by atoms with van der Waals surface area (Å²) in [5.74, 6) is -0.788. The van der Waals surface area contributed by atoms with Crippen LogP contribution >= 0.6 is 0 Å². The predicted molar refractivity (Wildman–Crippen MR) is 63.5 cm³/mol. The van der Waals surface area contributed by atoms with Crippen molar-refractivity contribution in [3.05, 3.63) is 35.4 Å². The van der Waals surface area contributed by atoms with Crippen molar-refractivity contribution < 1.29 is 8.78 Å². The summed E-state index contributed by atoms with van der Waals surface area (Å²) in [7, 11) is 0. The largest absolute Gasteiger partial charge is 0.326 e. The molecule has 0 aromatic heterocycles. The smallest absolute Gasteiger partial charge is 0.128 e. The van der Waals surface area contributed by atoms with Crippen LogP contribution in [0.4, 0.5) is 8.78 Å². The zero-order valence-electron chi connectivity index (χ0n) is 10.2. The molecule has 1 aliphatic heterocycles. The Kier molecular flexibility index (Phi) is 3.45. The van der Waals surface area contributed by atoms with Crippen molar-refractivity contribution >= 4 is 0 Å². The van der Waals surface area contributed by atoms with Crippen molar-refractivity contribution in [3.63, 3.8) is 0 Å². The third-order valence-electron chi connectivity index (χ3n) is 3.42. The number of rotatable bonds is 2. The Balaban J connectivity index is 2.39. The van der Waals surface area contributed by atoms with E-state index in [4.69, 9.17) is 5.73 Å². The van der Waals surface area contributed by atoms with Crippen LogP contribution in [-0.4, -0.2) is 23.5 Å². The van der Waals surface area contributed by atoms with Crippen LogP contribution < -0.4 is 5.73 Å². The van der Waals surface area contributed by atoms with Gasteiger partial charge >= 0.3 is 0 Å². The lowest BCUT2D eigenvalue weighted by Gasteiger charge is -2.30. The zero-order valence-corrected chi connectivity index (χ0v) is 10.2. The summed E-state index contributed by atoms with van der Waals surface area (Å²) in [6, 6.07) is 3.50. The van der Waals surface area contributed by atoms with Crippen LogP contribution in [0.5, 0.6) is 0 Å². The quantitative estimate of drug-likeness (QED) is 0.860. The monoisotopic (exact) mass is 240 g/mol. The number of halogens is 2. The number of nitrogens with zero attached hydrogens (tertiary/aromatic N) is 1. The van der Waals surface area contributed by atoms with Gasteiger partial charge in [0.2, 0.25) is 0 Å². The summed E-state index contributed by atoms with van der Waals surface area (Å²) in [6.07, 6.45) is 0.818. The van der Waals surface area contributed by atoms with Crippen LogP contribution in [-0.2, 0) is 0 Å². The molecule has 1 aromatic rings. The number of benzene rings is 1. The standard InChI is InChI=1S/C13H18F2N2/c1-8(2)17-6-5-12(16)13(17)10-7-9(14)3-4-11(10)15/h3-4,7-8,12-13H,5-6,16H2,1-2H3. The lowest BCUT2D eigenvalue weighted by Crippen LogP contribution is -2.36. The van der Waals surface area contributed by atoms with E-state index in [1.807, 2.05) is 13.8 Å². The molecule has 0 radical (unpaired) electrons. The van der Waals surface area contributed by atoms with E-state index in [1.165, 1.54) is 12.1 Å². The fourth-order valence-electron chi connectivity index (χ4n) is 2.57. The van der Waals surface area contributed by atoms with Crippen molar-refractivity contribution in [2.24, 2.45) is 5.73 Å². The average molecular weight is 240 g/mol. The molecule has 1 heterocycles. The van der Waals surface area contributed by atoms with Gasteiger partial charge in [-0.05, 0) is 38.5 Å². The maximum absolute atomic E-state index is 13.8. The van der Waals surface area contributed by atoms with Gasteiger partial charge in [0.1, 0.15) is 11.6 Å². The summed E-state index contributed by atoms with van der Waals surface area (Å²) in [5.41, 5.74) is 6.41. The molecule has 1 saturated heterocycles. The van der Waals surface area contributed by atoms with E-state index in [1.54, 1.807) is 0 Å². The average Bonchev–Trinajstić information content (AvgIpc) is 2.64. The van der Waals surface area contributed by atoms with E-state index in [2.05, 4.69) is 4.90 Å². The maximum Gasteiger partial charge on any atom is 0.128 e. The second-order valence-corrected chi connectivity index (χ2v) is 4.89. The van der Waals surface area contributed by atoms with Gasteiger partial charge in [0, 0.05) is 24.2 Å². The minimum Gasteiger partial charge on any atom is -0.326 e. The van der Waals surface area contributed by atoms with E-state index in [9.17, 15) is 8.78 Å². The number of nitrogens with two attached hydrogens (primary N) is 1. The summed E-state index contributed by atoms with van der Waals surface area (Å²) in [6.45, 7) is 4.92. The highest BCUT2D eigenvalue weighted by molar-refractivity contribution is 5.25. The Hall–Kier alpha value is -1.00. The van der Waals surface area contributed by atoms with Gasteiger partial charge in [-0.15, -0.1) is 0 Å². The normalized spacial score (nSPS) is 25.8. The Labute approximate surface area is 100 Å². The fraction of sp³-hybridized carbons (Fsp3) is 0.538. The summed E-state index contributed by atoms with van der Waals surface area (Å²) >= 11 is 0. The topological polar surface area (TPSA) is 29.3 Å². The fourth-order valence-corrected chi connectivity index (χ4v) is 2.57. The van der Waals surface area contributed by atoms with Gasteiger partial charge in [0.15, 0.2) is 0 Å². The zero-order chi connectivity index (χ0) is 12.6. The van der Waals surface area contributed by atoms with Crippen LogP contribution in [0.3, 0.4) is 0 Å². The van der Waals surface area contributed by atoms with Gasteiger partial charge in [-0.25, -0.2) is 8.78 Å². The molecule has 17 heavy (non-hydrogen) atoms. The van der Waals surface area contributed by atoms with E-state index in [0.29, 0.717) is 5.56 Å². The lowest BCUT2D eigenvalue weighted by atomic mass is 9.99. The molecule has 1 aliphatic rings. The molecule has 2 unspecified atom stereocenters. The predicted octanol–water partition coefficient (Wildman–Crippen LogP) is 2.45. The molecule has 2 rings (SSSR count). The minimum atomic E-state index is -0.413. The van der Waals surface area contributed by atoms with Crippen molar-refractivity contribution in [3.8, 4) is 0 Å². The second-order valence-electron chi connectivity index (χ2n) is 4.89. The highest BCUT2D eigenvalue weighted by Gasteiger charge is 2.35. The summed E-state index contributed by atoms with van der Waals surface area (Å²) < 4.78 is 27.0. The number of hydrogen-bond donors (Lipinski definition) is 1. The van der Waals surface area contributed by atoms with Gasteiger partial charge in [0.25, 0.3) is 0 Å². The molecule has 0 saturated carbocycles. The first-order valence-electron chi connectivity index (χ1n) is 5.97. The van der Waals surface area contributed by atoms with Gasteiger partial charge in [-0.1, -0.05) is 0 Å². The van der Waals surface area contributed by atoms with E-state index in [-0.39, 0.29) is 23.9 Å². The molecule has 0 bridgehead atoms. The Morgan fingerprint density at radius 3 is 2.71 bits per heavy atom. The lowest BCUT2D eigenvalue weighted by molar-refractivity contribution is 0.194. The molecule has 2 nitrogen and oxygen atoms in total. The van der Waals surface area contributed by atoms with Crippen LogP contribution in [0, 0.1) is 11.6 Å². The van der Waals surface area contributed by atoms with Crippen LogP contribution in [0.25, 0.3) is 0 Å². The van der Waals surface area contributed by atoms with Crippen LogP contribution in [0.2, 0.25) is 0 Å². The Morgan fingerprint density at radius 1 is 1.35 bits per heavy atom. The first-order chi connectivity index (χ1) is 8.00. The Morgan fingerprint density at radius 2 is 2.06 bits per heavy atom. The molecule has 0 aliphatic carbocycles. The molecule has 1 aromatic carbocycles. The molecular weight excluding hydrogens is 222 g/mol. The first kappa shape index (κ1) is 12.5. The van der Waals surface area contributed by atoms with Crippen molar-refractivity contribution in [1.82, 2.24) is 4.90 Å². The SMILES string of the molecule is CC(C)N1CCC(N)C1c1cc(F)ccc1F.